The Kier molecular flexibility index (Phi) is 8.64. The van der Waals surface area contributed by atoms with Crippen molar-refractivity contribution in [1.82, 2.24) is 0 Å². The molecular formula is C36H34NO2P. The van der Waals surface area contributed by atoms with Crippen LogP contribution in [0, 0.1) is 0 Å². The summed E-state index contributed by atoms with van der Waals surface area (Å²) < 4.78 is 21.6. The van der Waals surface area contributed by atoms with Crippen molar-refractivity contribution in [3.05, 3.63) is 157 Å². The van der Waals surface area contributed by atoms with Crippen molar-refractivity contribution in [2.24, 2.45) is 0 Å². The maximum absolute atomic E-state index is 15.6. The topological polar surface area (TPSA) is 29.5 Å². The van der Waals surface area contributed by atoms with Gasteiger partial charge in [0.25, 0.3) is 0 Å². The first kappa shape index (κ1) is 27.2. The van der Waals surface area contributed by atoms with E-state index in [2.05, 4.69) is 60.4 Å². The lowest BCUT2D eigenvalue weighted by molar-refractivity contribution is 0.414. The van der Waals surface area contributed by atoms with Crippen LogP contribution in [-0.2, 0) is 4.57 Å². The molecule has 4 heteroatoms. The van der Waals surface area contributed by atoms with Crippen molar-refractivity contribution >= 4 is 34.8 Å². The molecule has 5 rings (SSSR count). The molecule has 0 aliphatic rings. The molecular weight excluding hydrogens is 509 g/mol. The molecule has 40 heavy (non-hydrogen) atoms. The molecule has 0 bridgehead atoms. The molecule has 0 unspecified atom stereocenters. The fourth-order valence-electron chi connectivity index (χ4n) is 5.14. The molecule has 0 aliphatic heterocycles. The molecule has 0 heterocycles. The number of para-hydroxylation sites is 1. The fourth-order valence-corrected chi connectivity index (χ4v) is 8.01. The van der Waals surface area contributed by atoms with E-state index >= 15 is 4.57 Å². The van der Waals surface area contributed by atoms with Gasteiger partial charge in [-0.05, 0) is 30.2 Å². The number of nitrogens with zero attached hydrogens (tertiary/aromatic N) is 1. The van der Waals surface area contributed by atoms with Gasteiger partial charge < -0.3 is 14.2 Å². The maximum atomic E-state index is 15.6. The normalized spacial score (nSPS) is 12.2. The van der Waals surface area contributed by atoms with Crippen LogP contribution in [0.25, 0.3) is 6.08 Å². The molecule has 0 amide bonds. The van der Waals surface area contributed by atoms with Gasteiger partial charge in [0.2, 0.25) is 0 Å². The summed E-state index contributed by atoms with van der Waals surface area (Å²) in [4.78, 5) is 2.31. The van der Waals surface area contributed by atoms with Gasteiger partial charge in [-0.25, -0.2) is 0 Å². The number of methoxy groups -OCH3 is 1. The van der Waals surface area contributed by atoms with Gasteiger partial charge in [0, 0.05) is 22.5 Å². The molecule has 0 aliphatic carbocycles. The molecule has 1 atom stereocenters. The first-order valence-corrected chi connectivity index (χ1v) is 15.3. The zero-order chi connectivity index (χ0) is 27.8. The SMILES string of the molecule is COc1cccc(P(=O)(c2ccccc2)c2ccccc2)c1N(C/C=C/c1ccccc1)[C@@H](C)c1ccccc1. The summed E-state index contributed by atoms with van der Waals surface area (Å²) in [5, 5.41) is 2.35. The van der Waals surface area contributed by atoms with E-state index in [1.807, 2.05) is 103 Å². The second-order valence-corrected chi connectivity index (χ2v) is 12.4. The molecule has 0 radical (unpaired) electrons. The standard InChI is InChI=1S/C36H34NO2P/c1-29(31-20-9-4-10-21-31)37(28-16-19-30-17-7-3-8-18-30)36-34(39-2)26-15-27-35(36)40(38,32-22-11-5-12-23-32)33-24-13-6-14-25-33/h3-27,29H,28H2,1-2H3/b19-16+/t29-/m0/s1. The predicted molar refractivity (Wildman–Crippen MR) is 170 cm³/mol. The summed E-state index contributed by atoms with van der Waals surface area (Å²) in [5.41, 5.74) is 3.14. The smallest absolute Gasteiger partial charge is 0.173 e. The fraction of sp³-hybridized carbons (Fsp3) is 0.111. The van der Waals surface area contributed by atoms with E-state index in [1.165, 1.54) is 5.56 Å². The average molecular weight is 544 g/mol. The van der Waals surface area contributed by atoms with Crippen molar-refractivity contribution < 1.29 is 9.30 Å². The van der Waals surface area contributed by atoms with E-state index in [-0.39, 0.29) is 6.04 Å². The molecule has 0 aromatic heterocycles. The van der Waals surface area contributed by atoms with Gasteiger partial charge in [-0.1, -0.05) is 140 Å². The van der Waals surface area contributed by atoms with Crippen molar-refractivity contribution in [2.45, 2.75) is 13.0 Å². The number of ether oxygens (including phenoxy) is 1. The monoisotopic (exact) mass is 543 g/mol. The Labute approximate surface area is 237 Å². The minimum Gasteiger partial charge on any atom is -0.495 e. The first-order valence-electron chi connectivity index (χ1n) is 13.5. The van der Waals surface area contributed by atoms with Crippen LogP contribution in [0.15, 0.2) is 146 Å². The van der Waals surface area contributed by atoms with Crippen LogP contribution in [0.4, 0.5) is 5.69 Å². The van der Waals surface area contributed by atoms with Crippen LogP contribution in [-0.4, -0.2) is 13.7 Å². The Morgan fingerprint density at radius 1 is 0.700 bits per heavy atom. The zero-order valence-electron chi connectivity index (χ0n) is 22.9. The number of hydrogen-bond acceptors (Lipinski definition) is 3. The zero-order valence-corrected chi connectivity index (χ0v) is 23.8. The average Bonchev–Trinajstić information content (AvgIpc) is 3.04. The highest BCUT2D eigenvalue weighted by atomic mass is 31.2. The largest absolute Gasteiger partial charge is 0.495 e. The summed E-state index contributed by atoms with van der Waals surface area (Å²) in [6.07, 6.45) is 4.30. The summed E-state index contributed by atoms with van der Waals surface area (Å²) in [6, 6.07) is 46.2. The Bertz CT molecular complexity index is 1540. The molecule has 0 fully saturated rings. The molecule has 0 saturated heterocycles. The lowest BCUT2D eigenvalue weighted by Gasteiger charge is -2.35. The lowest BCUT2D eigenvalue weighted by atomic mass is 10.1. The highest BCUT2D eigenvalue weighted by Gasteiger charge is 2.35. The van der Waals surface area contributed by atoms with Crippen molar-refractivity contribution in [3.8, 4) is 5.75 Å². The van der Waals surface area contributed by atoms with Crippen LogP contribution in [0.1, 0.15) is 24.1 Å². The number of rotatable bonds is 10. The van der Waals surface area contributed by atoms with Crippen LogP contribution in [0.5, 0.6) is 5.75 Å². The molecule has 5 aromatic rings. The predicted octanol–water partition coefficient (Wildman–Crippen LogP) is 7.62. The van der Waals surface area contributed by atoms with Gasteiger partial charge in [-0.3, -0.25) is 0 Å². The molecule has 3 nitrogen and oxygen atoms in total. The van der Waals surface area contributed by atoms with Gasteiger partial charge in [0.15, 0.2) is 7.14 Å². The van der Waals surface area contributed by atoms with E-state index in [9.17, 15) is 0 Å². The Balaban J connectivity index is 1.73. The third kappa shape index (κ3) is 5.66. The van der Waals surface area contributed by atoms with Crippen LogP contribution >= 0.6 is 7.14 Å². The van der Waals surface area contributed by atoms with E-state index in [0.29, 0.717) is 12.3 Å². The second-order valence-electron chi connectivity index (χ2n) is 9.66. The van der Waals surface area contributed by atoms with E-state index in [0.717, 1.165) is 27.2 Å². The van der Waals surface area contributed by atoms with Crippen LogP contribution < -0.4 is 25.6 Å². The molecule has 0 saturated carbocycles. The number of anilines is 1. The highest BCUT2D eigenvalue weighted by molar-refractivity contribution is 7.85. The van der Waals surface area contributed by atoms with Crippen LogP contribution in [0.2, 0.25) is 0 Å². The molecule has 0 N–H and O–H groups in total. The van der Waals surface area contributed by atoms with Crippen molar-refractivity contribution in [1.29, 1.82) is 0 Å². The Morgan fingerprint density at radius 2 is 1.23 bits per heavy atom. The van der Waals surface area contributed by atoms with Gasteiger partial charge >= 0.3 is 0 Å². The van der Waals surface area contributed by atoms with Crippen LogP contribution in [0.3, 0.4) is 0 Å². The third-order valence-electron chi connectivity index (χ3n) is 7.23. The minimum absolute atomic E-state index is 0.0170. The minimum atomic E-state index is -3.28. The van der Waals surface area contributed by atoms with Gasteiger partial charge in [-0.2, -0.15) is 0 Å². The van der Waals surface area contributed by atoms with Gasteiger partial charge in [0.05, 0.1) is 18.8 Å². The molecule has 0 spiro atoms. The lowest BCUT2D eigenvalue weighted by Crippen LogP contribution is -2.35. The Morgan fingerprint density at radius 3 is 1.77 bits per heavy atom. The number of benzene rings is 5. The summed E-state index contributed by atoms with van der Waals surface area (Å²) in [7, 11) is -1.59. The third-order valence-corrected chi connectivity index (χ3v) is 10.3. The highest BCUT2D eigenvalue weighted by Crippen LogP contribution is 2.48. The second kappa shape index (κ2) is 12.7. The van der Waals surface area contributed by atoms with E-state index < -0.39 is 7.14 Å². The molecule has 5 aromatic carbocycles. The number of hydrogen-bond donors (Lipinski definition) is 0. The first-order chi connectivity index (χ1) is 19.6. The van der Waals surface area contributed by atoms with Gasteiger partial charge in [0.1, 0.15) is 5.75 Å². The molecule has 200 valence electrons. The van der Waals surface area contributed by atoms with Crippen molar-refractivity contribution in [2.75, 3.05) is 18.6 Å². The summed E-state index contributed by atoms with van der Waals surface area (Å²) in [5.74, 6) is 0.695. The van der Waals surface area contributed by atoms with E-state index in [1.54, 1.807) is 7.11 Å². The van der Waals surface area contributed by atoms with E-state index in [4.69, 9.17) is 4.74 Å². The maximum Gasteiger partial charge on any atom is 0.173 e. The van der Waals surface area contributed by atoms with Crippen molar-refractivity contribution in [3.63, 3.8) is 0 Å². The quantitative estimate of drug-likeness (QED) is 0.170. The summed E-state index contributed by atoms with van der Waals surface area (Å²) in [6.45, 7) is 2.79. The Hall–Kier alpha value is -4.33. The summed E-state index contributed by atoms with van der Waals surface area (Å²) >= 11 is 0. The van der Waals surface area contributed by atoms with Gasteiger partial charge in [-0.15, -0.1) is 0 Å².